The smallest absolute Gasteiger partial charge is 0.137 e. The fourth-order valence-electron chi connectivity index (χ4n) is 1.98. The predicted octanol–water partition coefficient (Wildman–Crippen LogP) is 2.65. The molecule has 0 saturated heterocycles. The molecule has 0 radical (unpaired) electrons. The van der Waals surface area contributed by atoms with E-state index in [-0.39, 0.29) is 5.82 Å². The van der Waals surface area contributed by atoms with Gasteiger partial charge in [0.2, 0.25) is 0 Å². The molecule has 1 unspecified atom stereocenters. The van der Waals surface area contributed by atoms with Crippen LogP contribution in [-0.4, -0.2) is 12.1 Å². The van der Waals surface area contributed by atoms with Crippen molar-refractivity contribution >= 4 is 0 Å². The van der Waals surface area contributed by atoms with Crippen molar-refractivity contribution in [2.75, 3.05) is 7.11 Å². The molecule has 0 aliphatic carbocycles. The first-order valence-electron chi connectivity index (χ1n) is 6.05. The highest BCUT2D eigenvalue weighted by Gasteiger charge is 2.24. The first-order valence-corrected chi connectivity index (χ1v) is 6.05. The Balaban J connectivity index is 2.29. The van der Waals surface area contributed by atoms with Gasteiger partial charge in [-0.05, 0) is 36.6 Å². The third-order valence-corrected chi connectivity index (χ3v) is 3.12. The Morgan fingerprint density at radius 2 is 2.05 bits per heavy atom. The van der Waals surface area contributed by atoms with Crippen LogP contribution in [0, 0.1) is 5.82 Å². The zero-order valence-corrected chi connectivity index (χ0v) is 11.1. The van der Waals surface area contributed by atoms with Crippen molar-refractivity contribution in [1.29, 1.82) is 0 Å². The summed E-state index contributed by atoms with van der Waals surface area (Å²) >= 11 is 0. The first-order chi connectivity index (χ1) is 9.03. The van der Waals surface area contributed by atoms with Crippen LogP contribution >= 0.6 is 0 Å². The van der Waals surface area contributed by atoms with Crippen molar-refractivity contribution in [2.24, 2.45) is 5.73 Å². The molecule has 1 aromatic carbocycles. The van der Waals surface area contributed by atoms with Crippen molar-refractivity contribution in [3.63, 3.8) is 0 Å². The number of ether oxygens (including phenoxy) is 1. The average Bonchev–Trinajstić information content (AvgIpc) is 2.41. The van der Waals surface area contributed by atoms with Crippen molar-refractivity contribution in [1.82, 2.24) is 4.98 Å². The molecule has 1 atom stereocenters. The van der Waals surface area contributed by atoms with E-state index in [0.717, 1.165) is 5.56 Å². The highest BCUT2D eigenvalue weighted by molar-refractivity contribution is 5.31. The summed E-state index contributed by atoms with van der Waals surface area (Å²) in [4.78, 5) is 4.09. The lowest BCUT2D eigenvalue weighted by Crippen LogP contribution is -2.35. The van der Waals surface area contributed by atoms with Crippen molar-refractivity contribution in [3.8, 4) is 5.75 Å². The van der Waals surface area contributed by atoms with E-state index >= 15 is 0 Å². The quantitative estimate of drug-likeness (QED) is 0.919. The van der Waals surface area contributed by atoms with Gasteiger partial charge in [-0.3, -0.25) is 4.98 Å². The Bertz CT molecular complexity index is 570. The summed E-state index contributed by atoms with van der Waals surface area (Å²) in [5.74, 6) is 0.401. The molecule has 0 bridgehead atoms. The van der Waals surface area contributed by atoms with Gasteiger partial charge in [-0.2, -0.15) is 0 Å². The highest BCUT2D eigenvalue weighted by Crippen LogP contribution is 2.25. The van der Waals surface area contributed by atoms with E-state index in [1.54, 1.807) is 37.7 Å². The van der Waals surface area contributed by atoms with Gasteiger partial charge < -0.3 is 10.5 Å². The van der Waals surface area contributed by atoms with E-state index in [1.165, 1.54) is 6.07 Å². The third-order valence-electron chi connectivity index (χ3n) is 3.12. The molecule has 0 aliphatic heterocycles. The summed E-state index contributed by atoms with van der Waals surface area (Å²) in [6, 6.07) is 8.48. The molecule has 2 aromatic rings. The van der Waals surface area contributed by atoms with Gasteiger partial charge in [0.05, 0.1) is 13.3 Å². The first kappa shape index (κ1) is 13.5. The molecule has 0 amide bonds. The number of halogens is 1. The van der Waals surface area contributed by atoms with Crippen LogP contribution in [0.3, 0.4) is 0 Å². The molecule has 100 valence electrons. The Hall–Kier alpha value is -1.94. The Kier molecular flexibility index (Phi) is 3.81. The van der Waals surface area contributed by atoms with Crippen molar-refractivity contribution < 1.29 is 9.13 Å². The Morgan fingerprint density at radius 3 is 2.74 bits per heavy atom. The van der Waals surface area contributed by atoms with E-state index in [1.807, 2.05) is 13.0 Å². The second-order valence-corrected chi connectivity index (χ2v) is 4.80. The van der Waals surface area contributed by atoms with Gasteiger partial charge in [-0.15, -0.1) is 0 Å². The lowest BCUT2D eigenvalue weighted by atomic mass is 9.87. The maximum Gasteiger partial charge on any atom is 0.137 e. The summed E-state index contributed by atoms with van der Waals surface area (Å²) in [5, 5.41) is 0. The molecule has 3 nitrogen and oxygen atoms in total. The number of rotatable bonds is 4. The minimum absolute atomic E-state index is 0.241. The number of aromatic nitrogens is 1. The Morgan fingerprint density at radius 1 is 1.32 bits per heavy atom. The minimum Gasteiger partial charge on any atom is -0.495 e. The fraction of sp³-hybridized carbons (Fsp3) is 0.267. The molecule has 0 spiro atoms. The average molecular weight is 260 g/mol. The highest BCUT2D eigenvalue weighted by atomic mass is 19.1. The van der Waals surface area contributed by atoms with Crippen LogP contribution < -0.4 is 10.5 Å². The summed E-state index contributed by atoms with van der Waals surface area (Å²) in [6.45, 7) is 1.86. The number of nitrogens with two attached hydrogens (primary N) is 1. The SMILES string of the molecule is COc1cncc(C(C)(N)Cc2ccccc2F)c1. The standard InChI is InChI=1S/C15H17FN2O/c1-15(17,8-11-5-3-4-6-14(11)16)12-7-13(19-2)10-18-9-12/h3-7,9-10H,8,17H2,1-2H3. The molecule has 0 saturated carbocycles. The number of pyridine rings is 1. The minimum atomic E-state index is -0.705. The molecule has 1 heterocycles. The van der Waals surface area contributed by atoms with Crippen LogP contribution in [0.4, 0.5) is 4.39 Å². The molecule has 2 N–H and O–H groups in total. The van der Waals surface area contributed by atoms with E-state index in [0.29, 0.717) is 17.7 Å². The molecule has 0 fully saturated rings. The number of nitrogens with zero attached hydrogens (tertiary/aromatic N) is 1. The van der Waals surface area contributed by atoms with Gasteiger partial charge in [-0.25, -0.2) is 4.39 Å². The lowest BCUT2D eigenvalue weighted by Gasteiger charge is -2.25. The van der Waals surface area contributed by atoms with Crippen molar-refractivity contribution in [2.45, 2.75) is 18.9 Å². The zero-order chi connectivity index (χ0) is 13.9. The number of methoxy groups -OCH3 is 1. The van der Waals surface area contributed by atoms with E-state index < -0.39 is 5.54 Å². The predicted molar refractivity (Wildman–Crippen MR) is 72.4 cm³/mol. The van der Waals surface area contributed by atoms with Gasteiger partial charge in [0.1, 0.15) is 11.6 Å². The molecule has 1 aromatic heterocycles. The monoisotopic (exact) mass is 260 g/mol. The topological polar surface area (TPSA) is 48.1 Å². The van der Waals surface area contributed by atoms with Gasteiger partial charge in [-0.1, -0.05) is 18.2 Å². The second kappa shape index (κ2) is 5.36. The maximum atomic E-state index is 13.7. The third kappa shape index (κ3) is 3.09. The molecule has 19 heavy (non-hydrogen) atoms. The molecular weight excluding hydrogens is 243 g/mol. The maximum absolute atomic E-state index is 13.7. The molecular formula is C15H17FN2O. The second-order valence-electron chi connectivity index (χ2n) is 4.80. The van der Waals surface area contributed by atoms with Crippen LogP contribution in [0.15, 0.2) is 42.7 Å². The largest absolute Gasteiger partial charge is 0.495 e. The summed E-state index contributed by atoms with van der Waals surface area (Å²) in [5.41, 5.74) is 7.00. The zero-order valence-electron chi connectivity index (χ0n) is 11.1. The van der Waals surface area contributed by atoms with Crippen LogP contribution in [-0.2, 0) is 12.0 Å². The molecule has 2 rings (SSSR count). The van der Waals surface area contributed by atoms with E-state index in [2.05, 4.69) is 4.98 Å². The summed E-state index contributed by atoms with van der Waals surface area (Å²) in [7, 11) is 1.57. The van der Waals surface area contributed by atoms with Gasteiger partial charge >= 0.3 is 0 Å². The molecule has 0 aliphatic rings. The van der Waals surface area contributed by atoms with Crippen LogP contribution in [0.5, 0.6) is 5.75 Å². The van der Waals surface area contributed by atoms with E-state index in [9.17, 15) is 4.39 Å². The van der Waals surface area contributed by atoms with E-state index in [4.69, 9.17) is 10.5 Å². The van der Waals surface area contributed by atoms with Crippen molar-refractivity contribution in [3.05, 3.63) is 59.7 Å². The van der Waals surface area contributed by atoms with Gasteiger partial charge in [0, 0.05) is 11.7 Å². The number of hydrogen-bond acceptors (Lipinski definition) is 3. The van der Waals surface area contributed by atoms with Gasteiger partial charge in [0.25, 0.3) is 0 Å². The number of hydrogen-bond donors (Lipinski definition) is 1. The normalized spacial score (nSPS) is 13.9. The molecule has 4 heteroatoms. The van der Waals surface area contributed by atoms with Gasteiger partial charge in [0.15, 0.2) is 0 Å². The lowest BCUT2D eigenvalue weighted by molar-refractivity contribution is 0.407. The fourth-order valence-corrected chi connectivity index (χ4v) is 1.98. The summed E-state index contributed by atoms with van der Waals surface area (Å²) in [6.07, 6.45) is 3.70. The van der Waals surface area contributed by atoms with Crippen LogP contribution in [0.25, 0.3) is 0 Å². The van der Waals surface area contributed by atoms with Crippen LogP contribution in [0.1, 0.15) is 18.1 Å². The summed E-state index contributed by atoms with van der Waals surface area (Å²) < 4.78 is 18.8. The number of benzene rings is 1. The Labute approximate surface area is 112 Å². The van der Waals surface area contributed by atoms with Crippen LogP contribution in [0.2, 0.25) is 0 Å².